The highest BCUT2D eigenvalue weighted by atomic mass is 14.9. The molecule has 102 valence electrons. The van der Waals surface area contributed by atoms with Gasteiger partial charge in [0.15, 0.2) is 0 Å². The summed E-state index contributed by atoms with van der Waals surface area (Å²) in [5.74, 6) is 0. The fourth-order valence-electron chi connectivity index (χ4n) is 3.53. The number of aryl methyl sites for hydroxylation is 1. The van der Waals surface area contributed by atoms with Gasteiger partial charge in [-0.15, -0.1) is 0 Å². The number of aliphatic imine (C=N–C) groups is 1. The topological polar surface area (TPSA) is 17.3 Å². The molecule has 1 atom stereocenters. The van der Waals surface area contributed by atoms with Crippen molar-refractivity contribution in [1.82, 2.24) is 4.57 Å². The van der Waals surface area contributed by atoms with Gasteiger partial charge >= 0.3 is 0 Å². The van der Waals surface area contributed by atoms with Crippen LogP contribution in [0.4, 0.5) is 0 Å². The van der Waals surface area contributed by atoms with Crippen LogP contribution >= 0.6 is 0 Å². The van der Waals surface area contributed by atoms with Gasteiger partial charge in [0.2, 0.25) is 0 Å². The summed E-state index contributed by atoms with van der Waals surface area (Å²) < 4.78 is 2.11. The van der Waals surface area contributed by atoms with Crippen molar-refractivity contribution in [2.75, 3.05) is 7.05 Å². The Morgan fingerprint density at radius 3 is 2.47 bits per heavy atom. The predicted molar refractivity (Wildman–Crippen MR) is 82.8 cm³/mol. The Balaban J connectivity index is 2.63. The van der Waals surface area contributed by atoms with Gasteiger partial charge in [0.05, 0.1) is 0 Å². The minimum absolute atomic E-state index is 0.0308. The molecule has 0 N–H and O–H groups in total. The molecule has 1 aliphatic rings. The van der Waals surface area contributed by atoms with Crippen LogP contribution in [0.2, 0.25) is 0 Å². The van der Waals surface area contributed by atoms with Crippen molar-refractivity contribution in [2.24, 2.45) is 17.5 Å². The SMILES string of the molecule is C=CC1=C(C=NC)C(C)(C)CC1(C)c1ccn(C)c1. The van der Waals surface area contributed by atoms with Crippen LogP contribution < -0.4 is 0 Å². The third kappa shape index (κ3) is 2.09. The van der Waals surface area contributed by atoms with Gasteiger partial charge in [-0.05, 0) is 34.6 Å². The first kappa shape index (κ1) is 13.9. The maximum Gasteiger partial charge on any atom is 0.0277 e. The van der Waals surface area contributed by atoms with Crippen molar-refractivity contribution < 1.29 is 0 Å². The van der Waals surface area contributed by atoms with Crippen LogP contribution in [0.5, 0.6) is 0 Å². The van der Waals surface area contributed by atoms with Crippen molar-refractivity contribution in [3.8, 4) is 0 Å². The molecule has 19 heavy (non-hydrogen) atoms. The van der Waals surface area contributed by atoms with Gasteiger partial charge in [0.25, 0.3) is 0 Å². The van der Waals surface area contributed by atoms with E-state index in [0.717, 1.165) is 6.42 Å². The smallest absolute Gasteiger partial charge is 0.0277 e. The lowest BCUT2D eigenvalue weighted by Crippen LogP contribution is -2.23. The second-order valence-corrected chi connectivity index (χ2v) is 6.38. The molecule has 0 saturated carbocycles. The molecule has 0 amide bonds. The molecule has 2 nitrogen and oxygen atoms in total. The van der Waals surface area contributed by atoms with E-state index in [1.807, 2.05) is 19.3 Å². The zero-order chi connectivity index (χ0) is 14.3. The Labute approximate surface area is 116 Å². The third-order valence-corrected chi connectivity index (χ3v) is 4.34. The predicted octanol–water partition coefficient (Wildman–Crippen LogP) is 3.90. The molecule has 0 spiro atoms. The third-order valence-electron chi connectivity index (χ3n) is 4.34. The van der Waals surface area contributed by atoms with Crippen LogP contribution in [0, 0.1) is 5.41 Å². The number of hydrogen-bond donors (Lipinski definition) is 0. The minimum Gasteiger partial charge on any atom is -0.357 e. The van der Waals surface area contributed by atoms with Crippen molar-refractivity contribution >= 4 is 6.21 Å². The van der Waals surface area contributed by atoms with E-state index >= 15 is 0 Å². The second kappa shape index (κ2) is 4.52. The highest BCUT2D eigenvalue weighted by Crippen LogP contribution is 2.53. The van der Waals surface area contributed by atoms with Crippen LogP contribution in [-0.2, 0) is 12.5 Å². The Morgan fingerprint density at radius 2 is 2.00 bits per heavy atom. The molecule has 0 aromatic carbocycles. The maximum absolute atomic E-state index is 4.24. The summed E-state index contributed by atoms with van der Waals surface area (Å²) in [6.07, 6.45) is 9.43. The lowest BCUT2D eigenvalue weighted by Gasteiger charge is -2.28. The molecule has 1 aromatic heterocycles. The van der Waals surface area contributed by atoms with Crippen molar-refractivity contribution in [2.45, 2.75) is 32.6 Å². The number of hydrogen-bond acceptors (Lipinski definition) is 1. The summed E-state index contributed by atoms with van der Waals surface area (Å²) in [5.41, 5.74) is 4.15. The second-order valence-electron chi connectivity index (χ2n) is 6.38. The minimum atomic E-state index is 0.0308. The largest absolute Gasteiger partial charge is 0.357 e. The van der Waals surface area contributed by atoms with E-state index in [4.69, 9.17) is 0 Å². The Morgan fingerprint density at radius 1 is 1.32 bits per heavy atom. The standard InChI is InChI=1S/C17H24N2/c1-7-14-15(10-18-5)16(2,3)12-17(14,4)13-8-9-19(6)11-13/h7-11H,1,12H2,2-6H3. The molecule has 1 aromatic rings. The summed E-state index contributed by atoms with van der Waals surface area (Å²) in [6, 6.07) is 2.21. The van der Waals surface area contributed by atoms with Crippen LogP contribution in [0.25, 0.3) is 0 Å². The quantitative estimate of drug-likeness (QED) is 0.730. The van der Waals surface area contributed by atoms with E-state index in [-0.39, 0.29) is 10.8 Å². The van der Waals surface area contributed by atoms with E-state index in [1.165, 1.54) is 16.7 Å². The Kier molecular flexibility index (Phi) is 3.29. The molecule has 1 aliphatic carbocycles. The fourth-order valence-corrected chi connectivity index (χ4v) is 3.53. The first-order valence-electron chi connectivity index (χ1n) is 6.77. The van der Waals surface area contributed by atoms with Crippen LogP contribution in [0.1, 0.15) is 32.8 Å². The normalized spacial score (nSPS) is 26.4. The lowest BCUT2D eigenvalue weighted by atomic mass is 9.74. The summed E-state index contributed by atoms with van der Waals surface area (Å²) in [5, 5.41) is 0. The molecule has 1 heterocycles. The molecular weight excluding hydrogens is 232 g/mol. The molecule has 0 bridgehead atoms. The fraction of sp³-hybridized carbons (Fsp3) is 0.471. The Bertz CT molecular complexity index is 558. The zero-order valence-corrected chi connectivity index (χ0v) is 12.7. The van der Waals surface area contributed by atoms with E-state index in [2.05, 4.69) is 62.4 Å². The molecule has 0 radical (unpaired) electrons. The molecule has 2 heteroatoms. The van der Waals surface area contributed by atoms with Crippen molar-refractivity contribution in [3.05, 3.63) is 47.8 Å². The molecule has 2 rings (SSSR count). The average Bonchev–Trinajstić information content (AvgIpc) is 2.82. The maximum atomic E-state index is 4.24. The molecule has 0 saturated heterocycles. The van der Waals surface area contributed by atoms with E-state index in [9.17, 15) is 0 Å². The summed E-state index contributed by atoms with van der Waals surface area (Å²) in [7, 11) is 3.90. The highest BCUT2D eigenvalue weighted by molar-refractivity contribution is 5.84. The monoisotopic (exact) mass is 256 g/mol. The van der Waals surface area contributed by atoms with Gasteiger partial charge in [0.1, 0.15) is 0 Å². The molecular formula is C17H24N2. The summed E-state index contributed by atoms with van der Waals surface area (Å²) in [6.45, 7) is 10.9. The molecule has 0 fully saturated rings. The van der Waals surface area contributed by atoms with Gasteiger partial charge in [-0.25, -0.2) is 0 Å². The number of rotatable bonds is 3. The highest BCUT2D eigenvalue weighted by Gasteiger charge is 2.46. The van der Waals surface area contributed by atoms with Gasteiger partial charge in [0, 0.05) is 38.1 Å². The first-order chi connectivity index (χ1) is 8.85. The molecule has 0 aliphatic heterocycles. The summed E-state index contributed by atoms with van der Waals surface area (Å²) in [4.78, 5) is 4.24. The Hall–Kier alpha value is -1.57. The number of nitrogens with zero attached hydrogens (tertiary/aromatic N) is 2. The van der Waals surface area contributed by atoms with Gasteiger partial charge < -0.3 is 4.57 Å². The summed E-state index contributed by atoms with van der Waals surface area (Å²) >= 11 is 0. The lowest BCUT2D eigenvalue weighted by molar-refractivity contribution is 0.376. The number of aromatic nitrogens is 1. The average molecular weight is 256 g/mol. The van der Waals surface area contributed by atoms with Crippen molar-refractivity contribution in [1.29, 1.82) is 0 Å². The van der Waals surface area contributed by atoms with Crippen LogP contribution in [-0.4, -0.2) is 17.8 Å². The zero-order valence-electron chi connectivity index (χ0n) is 12.7. The van der Waals surface area contributed by atoms with E-state index < -0.39 is 0 Å². The first-order valence-corrected chi connectivity index (χ1v) is 6.77. The van der Waals surface area contributed by atoms with E-state index in [0.29, 0.717) is 0 Å². The van der Waals surface area contributed by atoms with Crippen molar-refractivity contribution in [3.63, 3.8) is 0 Å². The van der Waals surface area contributed by atoms with Crippen LogP contribution in [0.15, 0.2) is 47.3 Å². The van der Waals surface area contributed by atoms with Gasteiger partial charge in [-0.2, -0.15) is 0 Å². The van der Waals surface area contributed by atoms with Gasteiger partial charge in [-0.1, -0.05) is 33.4 Å². The van der Waals surface area contributed by atoms with Gasteiger partial charge in [-0.3, -0.25) is 4.99 Å². The van der Waals surface area contributed by atoms with Crippen LogP contribution in [0.3, 0.4) is 0 Å². The van der Waals surface area contributed by atoms with E-state index in [1.54, 1.807) is 0 Å². The number of allylic oxidation sites excluding steroid dienone is 3. The molecule has 1 unspecified atom stereocenters.